The van der Waals surface area contributed by atoms with Crippen LogP contribution in [0.15, 0.2) is 23.3 Å². The molecule has 2 rings (SSSR count). The first kappa shape index (κ1) is 12.3. The van der Waals surface area contributed by atoms with Crippen LogP contribution >= 0.6 is 0 Å². The molecule has 0 aromatic heterocycles. The number of hydrogen-bond acceptors (Lipinski definition) is 4. The number of carbonyl (C=O) groups excluding carboxylic acids is 1. The van der Waals surface area contributed by atoms with Crippen molar-refractivity contribution in [1.82, 2.24) is 0 Å². The molecule has 0 bridgehead atoms. The van der Waals surface area contributed by atoms with E-state index in [-0.39, 0.29) is 24.5 Å². The Hall–Kier alpha value is -2.20. The molecule has 2 atom stereocenters. The lowest BCUT2D eigenvalue weighted by Gasteiger charge is -2.29. The maximum atomic E-state index is 11.7. The number of benzene rings is 1. The largest absolute Gasteiger partial charge is 0.483 e. The van der Waals surface area contributed by atoms with E-state index >= 15 is 0 Å². The maximum Gasteiger partial charge on any atom is 0.168 e. The molecule has 0 radical (unpaired) electrons. The summed E-state index contributed by atoms with van der Waals surface area (Å²) in [4.78, 5) is 14.2. The molecule has 1 heterocycles. The number of ether oxygens (including phenoxy) is 2. The van der Waals surface area contributed by atoms with Crippen LogP contribution in [-0.2, 0) is 0 Å². The van der Waals surface area contributed by atoms with Gasteiger partial charge in [-0.05, 0) is 37.6 Å². The lowest BCUT2D eigenvalue weighted by atomic mass is 10.1. The number of ketones is 1. The van der Waals surface area contributed by atoms with E-state index in [4.69, 9.17) is 15.0 Å². The highest BCUT2D eigenvalue weighted by Gasteiger charge is 2.25. The lowest BCUT2D eigenvalue weighted by Crippen LogP contribution is -2.35. The van der Waals surface area contributed by atoms with Crippen LogP contribution in [0.1, 0.15) is 24.2 Å². The van der Waals surface area contributed by atoms with E-state index < -0.39 is 0 Å². The van der Waals surface area contributed by atoms with Gasteiger partial charge in [0.15, 0.2) is 17.3 Å². The van der Waals surface area contributed by atoms with Gasteiger partial charge in [-0.25, -0.2) is 0 Å². The van der Waals surface area contributed by atoms with Gasteiger partial charge in [0.05, 0.1) is 6.54 Å². The summed E-state index contributed by atoms with van der Waals surface area (Å²) >= 11 is 0. The molecule has 0 N–H and O–H groups in total. The summed E-state index contributed by atoms with van der Waals surface area (Å²) in [5.74, 6) is 0.929. The zero-order valence-electron chi connectivity index (χ0n) is 10.2. The van der Waals surface area contributed by atoms with Gasteiger partial charge in [0.2, 0.25) is 0 Å². The van der Waals surface area contributed by atoms with E-state index in [0.29, 0.717) is 17.1 Å². The molecule has 1 aliphatic rings. The smallest absolute Gasteiger partial charge is 0.168 e. The molecule has 18 heavy (non-hydrogen) atoms. The van der Waals surface area contributed by atoms with Crippen molar-refractivity contribution in [2.24, 2.45) is 5.11 Å². The van der Waals surface area contributed by atoms with Crippen LogP contribution in [0, 0.1) is 0 Å². The second-order valence-electron chi connectivity index (χ2n) is 4.12. The standard InChI is InChI=1S/C12H13N3O3/c1-7-8(2)18-12-5-9(3-4-11(12)17-7)10(16)6-14-15-13/h3-5,7-8H,6H2,1-2H3. The quantitative estimate of drug-likeness (QED) is 0.356. The summed E-state index contributed by atoms with van der Waals surface area (Å²) < 4.78 is 11.3. The monoisotopic (exact) mass is 247 g/mol. The second-order valence-corrected chi connectivity index (χ2v) is 4.12. The van der Waals surface area contributed by atoms with E-state index in [0.717, 1.165) is 0 Å². The van der Waals surface area contributed by atoms with Gasteiger partial charge in [0.25, 0.3) is 0 Å². The minimum atomic E-state index is -0.245. The van der Waals surface area contributed by atoms with Crippen molar-refractivity contribution in [2.45, 2.75) is 26.1 Å². The Kier molecular flexibility index (Phi) is 3.39. The summed E-state index contributed by atoms with van der Waals surface area (Å²) in [6.45, 7) is 3.64. The minimum Gasteiger partial charge on any atom is -0.483 e. The summed E-state index contributed by atoms with van der Waals surface area (Å²) in [5.41, 5.74) is 8.63. The zero-order chi connectivity index (χ0) is 13.1. The van der Waals surface area contributed by atoms with Gasteiger partial charge < -0.3 is 9.47 Å². The fourth-order valence-corrected chi connectivity index (χ4v) is 1.65. The van der Waals surface area contributed by atoms with Gasteiger partial charge >= 0.3 is 0 Å². The molecule has 1 aliphatic heterocycles. The van der Waals surface area contributed by atoms with E-state index in [1.54, 1.807) is 18.2 Å². The van der Waals surface area contributed by atoms with E-state index in [1.165, 1.54) is 0 Å². The van der Waals surface area contributed by atoms with Gasteiger partial charge in [-0.3, -0.25) is 4.79 Å². The molecule has 0 saturated carbocycles. The highest BCUT2D eigenvalue weighted by atomic mass is 16.6. The van der Waals surface area contributed by atoms with E-state index in [1.807, 2.05) is 13.8 Å². The van der Waals surface area contributed by atoms with Crippen molar-refractivity contribution < 1.29 is 14.3 Å². The molecule has 6 heteroatoms. The maximum absolute atomic E-state index is 11.7. The predicted octanol–water partition coefficient (Wildman–Crippen LogP) is 2.73. The second kappa shape index (κ2) is 4.98. The number of rotatable bonds is 3. The molecule has 0 amide bonds. The van der Waals surface area contributed by atoms with Gasteiger partial charge in [0.1, 0.15) is 12.2 Å². The van der Waals surface area contributed by atoms with Crippen molar-refractivity contribution in [3.63, 3.8) is 0 Å². The number of Topliss-reactive ketones (excluding diaryl/α,β-unsaturated/α-hetero) is 1. The zero-order valence-corrected chi connectivity index (χ0v) is 10.2. The first-order valence-electron chi connectivity index (χ1n) is 5.63. The highest BCUT2D eigenvalue weighted by Crippen LogP contribution is 2.34. The summed E-state index contributed by atoms with van der Waals surface area (Å²) in [7, 11) is 0. The Morgan fingerprint density at radius 2 is 2.00 bits per heavy atom. The first-order chi connectivity index (χ1) is 8.61. The Bertz CT molecular complexity index is 523. The van der Waals surface area contributed by atoms with Gasteiger partial charge in [-0.15, -0.1) is 0 Å². The Balaban J connectivity index is 2.24. The normalized spacial score (nSPS) is 21.0. The van der Waals surface area contributed by atoms with E-state index in [2.05, 4.69) is 10.0 Å². The van der Waals surface area contributed by atoms with Crippen molar-refractivity contribution in [1.29, 1.82) is 0 Å². The number of fused-ring (bicyclic) bond motifs is 1. The third-order valence-corrected chi connectivity index (χ3v) is 2.83. The van der Waals surface area contributed by atoms with Gasteiger partial charge in [0, 0.05) is 10.5 Å². The molecule has 2 unspecified atom stereocenters. The summed E-state index contributed by atoms with van der Waals surface area (Å²) in [6, 6.07) is 4.95. The van der Waals surface area contributed by atoms with Crippen LogP contribution in [0.4, 0.5) is 0 Å². The average Bonchev–Trinajstić information content (AvgIpc) is 2.36. The van der Waals surface area contributed by atoms with Crippen molar-refractivity contribution in [2.75, 3.05) is 6.54 Å². The number of nitrogens with zero attached hydrogens (tertiary/aromatic N) is 3. The van der Waals surface area contributed by atoms with Gasteiger partial charge in [-0.2, -0.15) is 0 Å². The Morgan fingerprint density at radius 1 is 1.33 bits per heavy atom. The first-order valence-corrected chi connectivity index (χ1v) is 5.63. The molecule has 94 valence electrons. The fraction of sp³-hybridized carbons (Fsp3) is 0.417. The number of azide groups is 1. The van der Waals surface area contributed by atoms with Crippen LogP contribution in [0.5, 0.6) is 11.5 Å². The van der Waals surface area contributed by atoms with E-state index in [9.17, 15) is 4.79 Å². The SMILES string of the molecule is CC1Oc2ccc(C(=O)CN=[N+]=[N-])cc2OC1C. The van der Waals surface area contributed by atoms with Crippen LogP contribution in [0.25, 0.3) is 10.4 Å². The Morgan fingerprint density at radius 3 is 2.67 bits per heavy atom. The molecule has 1 aromatic carbocycles. The van der Waals surface area contributed by atoms with Crippen molar-refractivity contribution >= 4 is 5.78 Å². The molecule has 0 fully saturated rings. The minimum absolute atomic E-state index is 0.0257. The fourth-order valence-electron chi connectivity index (χ4n) is 1.65. The molecule has 6 nitrogen and oxygen atoms in total. The lowest BCUT2D eigenvalue weighted by molar-refractivity contribution is 0.0428. The third-order valence-electron chi connectivity index (χ3n) is 2.83. The molecular formula is C12H13N3O3. The predicted molar refractivity (Wildman–Crippen MR) is 65.0 cm³/mol. The number of hydrogen-bond donors (Lipinski definition) is 0. The van der Waals surface area contributed by atoms with Crippen LogP contribution in [-0.4, -0.2) is 24.5 Å². The van der Waals surface area contributed by atoms with Crippen LogP contribution in [0.2, 0.25) is 0 Å². The van der Waals surface area contributed by atoms with Crippen LogP contribution < -0.4 is 9.47 Å². The summed E-state index contributed by atoms with van der Waals surface area (Å²) in [6.07, 6.45) is -0.0952. The summed E-state index contributed by atoms with van der Waals surface area (Å²) in [5, 5.41) is 3.25. The molecular weight excluding hydrogens is 234 g/mol. The third kappa shape index (κ3) is 2.38. The Labute approximate surface area is 104 Å². The molecule has 0 aliphatic carbocycles. The van der Waals surface area contributed by atoms with Crippen LogP contribution in [0.3, 0.4) is 0 Å². The van der Waals surface area contributed by atoms with Gasteiger partial charge in [-0.1, -0.05) is 5.11 Å². The molecule has 1 aromatic rings. The molecule has 0 saturated heterocycles. The molecule has 0 spiro atoms. The topological polar surface area (TPSA) is 84.3 Å². The average molecular weight is 247 g/mol. The van der Waals surface area contributed by atoms with Crippen molar-refractivity contribution in [3.05, 3.63) is 34.2 Å². The van der Waals surface area contributed by atoms with Crippen molar-refractivity contribution in [3.8, 4) is 11.5 Å². The highest BCUT2D eigenvalue weighted by molar-refractivity contribution is 5.98. The number of carbonyl (C=O) groups is 1.